The molecule has 1 amide bonds. The molecule has 7 nitrogen and oxygen atoms in total. The number of aryl methyl sites for hydroxylation is 1. The standard InChI is InChI=1S/C30H29N3O4/c1-3-26(23-7-5-4-6-8-23)37-29(36)32-27-25(19-31-33(27)2)22-11-9-20(10-12-22)21-13-15-24(16-14-21)30(17-18-30)28(34)35/h4-16,19,26H,3,17-18H2,1-2H3,(H,32,36)(H,34,35). The van der Waals surface area contributed by atoms with E-state index in [2.05, 4.69) is 10.4 Å². The van der Waals surface area contributed by atoms with E-state index in [0.29, 0.717) is 25.1 Å². The number of hydrogen-bond acceptors (Lipinski definition) is 4. The predicted octanol–water partition coefficient (Wildman–Crippen LogP) is 6.57. The Morgan fingerprint density at radius 2 is 1.57 bits per heavy atom. The van der Waals surface area contributed by atoms with Crippen LogP contribution in [0.2, 0.25) is 0 Å². The maximum Gasteiger partial charge on any atom is 0.413 e. The lowest BCUT2D eigenvalue weighted by Gasteiger charge is -2.17. The smallest absolute Gasteiger partial charge is 0.413 e. The fourth-order valence-corrected chi connectivity index (χ4v) is 4.68. The first-order chi connectivity index (χ1) is 17.9. The Balaban J connectivity index is 1.31. The van der Waals surface area contributed by atoms with Crippen molar-refractivity contribution in [3.63, 3.8) is 0 Å². The summed E-state index contributed by atoms with van der Waals surface area (Å²) in [5.74, 6) is -0.201. The highest BCUT2D eigenvalue weighted by molar-refractivity contribution is 5.90. The van der Waals surface area contributed by atoms with Crippen LogP contribution in [0.1, 0.15) is 43.4 Å². The van der Waals surface area contributed by atoms with Gasteiger partial charge in [0.2, 0.25) is 0 Å². The number of carboxylic acid groups (broad SMARTS) is 1. The maximum atomic E-state index is 12.8. The van der Waals surface area contributed by atoms with Gasteiger partial charge in [-0.3, -0.25) is 14.8 Å². The number of nitrogens with zero attached hydrogens (tertiary/aromatic N) is 2. The molecule has 7 heteroatoms. The lowest BCUT2D eigenvalue weighted by Crippen LogP contribution is -2.19. The predicted molar refractivity (Wildman–Crippen MR) is 142 cm³/mol. The number of nitrogens with one attached hydrogen (secondary N) is 1. The van der Waals surface area contributed by atoms with Gasteiger partial charge in [-0.2, -0.15) is 5.10 Å². The maximum absolute atomic E-state index is 12.8. The van der Waals surface area contributed by atoms with Crippen molar-refractivity contribution in [3.8, 4) is 22.3 Å². The highest BCUT2D eigenvalue weighted by Crippen LogP contribution is 2.48. The monoisotopic (exact) mass is 495 g/mol. The van der Waals surface area contributed by atoms with Crippen molar-refractivity contribution >= 4 is 17.9 Å². The summed E-state index contributed by atoms with van der Waals surface area (Å²) < 4.78 is 7.32. The molecule has 1 fully saturated rings. The number of aliphatic carboxylic acids is 1. The van der Waals surface area contributed by atoms with Crippen LogP contribution in [0.25, 0.3) is 22.3 Å². The SMILES string of the molecule is CCC(OC(=O)Nc1c(-c2ccc(-c3ccc(C4(C(=O)O)CC4)cc3)cc2)cnn1C)c1ccccc1. The van der Waals surface area contributed by atoms with Gasteiger partial charge in [0.1, 0.15) is 11.9 Å². The molecular weight excluding hydrogens is 466 g/mol. The van der Waals surface area contributed by atoms with E-state index in [1.165, 1.54) is 0 Å². The van der Waals surface area contributed by atoms with Crippen LogP contribution in [0, 0.1) is 0 Å². The van der Waals surface area contributed by atoms with Crippen LogP contribution in [0.4, 0.5) is 10.6 Å². The van der Waals surface area contributed by atoms with Crippen molar-refractivity contribution in [2.24, 2.45) is 7.05 Å². The van der Waals surface area contributed by atoms with Gasteiger partial charge in [0, 0.05) is 12.6 Å². The first-order valence-electron chi connectivity index (χ1n) is 12.4. The molecule has 0 bridgehead atoms. The molecule has 4 aromatic rings. The van der Waals surface area contributed by atoms with Crippen molar-refractivity contribution in [1.29, 1.82) is 0 Å². The largest absolute Gasteiger partial charge is 0.481 e. The Bertz CT molecular complexity index is 1410. The highest BCUT2D eigenvalue weighted by atomic mass is 16.6. The van der Waals surface area contributed by atoms with Crippen LogP contribution >= 0.6 is 0 Å². The minimum Gasteiger partial charge on any atom is -0.481 e. The Morgan fingerprint density at radius 1 is 0.973 bits per heavy atom. The molecule has 1 atom stereocenters. The van der Waals surface area contributed by atoms with E-state index in [1.54, 1.807) is 17.9 Å². The van der Waals surface area contributed by atoms with Gasteiger partial charge in [-0.1, -0.05) is 85.8 Å². The molecule has 5 rings (SSSR count). The van der Waals surface area contributed by atoms with Gasteiger partial charge < -0.3 is 9.84 Å². The van der Waals surface area contributed by atoms with Crippen LogP contribution in [-0.2, 0) is 22.0 Å². The number of carboxylic acids is 1. The number of carbonyl (C=O) groups excluding carboxylic acids is 1. The van der Waals surface area contributed by atoms with Gasteiger partial charge in [0.25, 0.3) is 0 Å². The molecule has 1 aromatic heterocycles. The summed E-state index contributed by atoms with van der Waals surface area (Å²) in [7, 11) is 1.77. The fraction of sp³-hybridized carbons (Fsp3) is 0.233. The second-order valence-electron chi connectivity index (χ2n) is 9.41. The number of ether oxygens (including phenoxy) is 1. The van der Waals surface area contributed by atoms with E-state index < -0.39 is 17.5 Å². The number of aromatic nitrogens is 2. The number of carbonyl (C=O) groups is 2. The van der Waals surface area contributed by atoms with Gasteiger partial charge in [0.15, 0.2) is 0 Å². The third-order valence-corrected chi connectivity index (χ3v) is 7.08. The third kappa shape index (κ3) is 4.85. The van der Waals surface area contributed by atoms with Crippen molar-refractivity contribution < 1.29 is 19.4 Å². The highest BCUT2D eigenvalue weighted by Gasteiger charge is 2.51. The van der Waals surface area contributed by atoms with Crippen molar-refractivity contribution in [2.75, 3.05) is 5.32 Å². The van der Waals surface area contributed by atoms with Gasteiger partial charge in [0.05, 0.1) is 11.6 Å². The molecule has 1 aliphatic carbocycles. The van der Waals surface area contributed by atoms with Gasteiger partial charge in [-0.05, 0) is 47.1 Å². The Kier molecular flexibility index (Phi) is 6.53. The zero-order valence-electron chi connectivity index (χ0n) is 20.8. The molecular formula is C30H29N3O4. The molecule has 1 heterocycles. The zero-order chi connectivity index (χ0) is 26.0. The molecule has 1 saturated carbocycles. The Hall–Kier alpha value is -4.39. The normalized spacial score (nSPS) is 14.5. The summed E-state index contributed by atoms with van der Waals surface area (Å²) in [6, 6.07) is 25.4. The van der Waals surface area contributed by atoms with Gasteiger partial charge in [-0.25, -0.2) is 4.79 Å². The summed E-state index contributed by atoms with van der Waals surface area (Å²) in [6.07, 6.45) is 2.89. The average molecular weight is 496 g/mol. The Labute approximate surface area is 215 Å². The molecule has 0 aliphatic heterocycles. The fourth-order valence-electron chi connectivity index (χ4n) is 4.68. The third-order valence-electron chi connectivity index (χ3n) is 7.08. The number of rotatable bonds is 8. The summed E-state index contributed by atoms with van der Waals surface area (Å²) >= 11 is 0. The van der Waals surface area contributed by atoms with Crippen LogP contribution in [0.15, 0.2) is 85.1 Å². The second kappa shape index (κ2) is 9.93. The van der Waals surface area contributed by atoms with Crippen LogP contribution in [-0.4, -0.2) is 26.9 Å². The number of hydrogen-bond donors (Lipinski definition) is 2. The van der Waals surface area contributed by atoms with E-state index in [9.17, 15) is 14.7 Å². The topological polar surface area (TPSA) is 93.4 Å². The summed E-state index contributed by atoms with van der Waals surface area (Å²) in [4.78, 5) is 24.4. The molecule has 37 heavy (non-hydrogen) atoms. The second-order valence-corrected chi connectivity index (χ2v) is 9.41. The molecule has 1 unspecified atom stereocenters. The number of anilines is 1. The molecule has 0 saturated heterocycles. The van der Waals surface area contributed by atoms with E-state index in [1.807, 2.05) is 85.8 Å². The average Bonchev–Trinajstić information content (AvgIpc) is 3.67. The van der Waals surface area contributed by atoms with Gasteiger partial charge >= 0.3 is 12.1 Å². The minimum atomic E-state index is -0.750. The molecule has 188 valence electrons. The molecule has 2 N–H and O–H groups in total. The minimum absolute atomic E-state index is 0.339. The van der Waals surface area contributed by atoms with Crippen LogP contribution in [0.5, 0.6) is 0 Å². The summed E-state index contributed by atoms with van der Waals surface area (Å²) in [6.45, 7) is 1.98. The Morgan fingerprint density at radius 3 is 2.14 bits per heavy atom. The van der Waals surface area contributed by atoms with Crippen molar-refractivity contribution in [1.82, 2.24) is 9.78 Å². The molecule has 3 aromatic carbocycles. The lowest BCUT2D eigenvalue weighted by atomic mass is 9.93. The van der Waals surface area contributed by atoms with E-state index in [0.717, 1.165) is 33.4 Å². The van der Waals surface area contributed by atoms with Gasteiger partial charge in [-0.15, -0.1) is 0 Å². The molecule has 1 aliphatic rings. The molecule has 0 spiro atoms. The summed E-state index contributed by atoms with van der Waals surface area (Å²) in [5, 5.41) is 16.7. The number of amides is 1. The first kappa shape index (κ1) is 24.3. The van der Waals surface area contributed by atoms with E-state index in [-0.39, 0.29) is 6.10 Å². The van der Waals surface area contributed by atoms with Crippen molar-refractivity contribution in [3.05, 3.63) is 96.2 Å². The van der Waals surface area contributed by atoms with Crippen molar-refractivity contribution in [2.45, 2.75) is 37.7 Å². The van der Waals surface area contributed by atoms with Crippen LogP contribution < -0.4 is 5.32 Å². The summed E-state index contributed by atoms with van der Waals surface area (Å²) in [5.41, 5.74) is 4.82. The zero-order valence-corrected chi connectivity index (χ0v) is 20.8. The molecule has 0 radical (unpaired) electrons. The quantitative estimate of drug-likeness (QED) is 0.288. The number of benzene rings is 3. The van der Waals surface area contributed by atoms with E-state index in [4.69, 9.17) is 4.74 Å². The van der Waals surface area contributed by atoms with Crippen LogP contribution in [0.3, 0.4) is 0 Å². The van der Waals surface area contributed by atoms with E-state index >= 15 is 0 Å². The first-order valence-corrected chi connectivity index (χ1v) is 12.4. The lowest BCUT2D eigenvalue weighted by molar-refractivity contribution is -0.140.